The molecule has 10 heteroatoms. The standard InChI is InChI=1S/C21H24Cl2N2O5S/c1-2-29-13-14-30-19-6-4-3-5-17(19)21(26)24-9-11-25(12-10-24)31(27,28)20-15-16(22)7-8-18(20)23/h3-8,15H,2,9-14H2,1H3. The van der Waals surface area contributed by atoms with Crippen LogP contribution in [0.5, 0.6) is 5.75 Å². The molecule has 168 valence electrons. The zero-order chi connectivity index (χ0) is 22.4. The number of benzene rings is 2. The van der Waals surface area contributed by atoms with Crippen molar-refractivity contribution in [2.45, 2.75) is 11.8 Å². The highest BCUT2D eigenvalue weighted by atomic mass is 35.5. The number of rotatable bonds is 8. The predicted molar refractivity (Wildman–Crippen MR) is 120 cm³/mol. The summed E-state index contributed by atoms with van der Waals surface area (Å²) in [5, 5.41) is 0.402. The number of halogens is 2. The van der Waals surface area contributed by atoms with Crippen molar-refractivity contribution in [3.05, 3.63) is 58.1 Å². The Morgan fingerprint density at radius 2 is 1.74 bits per heavy atom. The van der Waals surface area contributed by atoms with Crippen LogP contribution in [-0.4, -0.2) is 69.5 Å². The third-order valence-corrected chi connectivity index (χ3v) is 7.46. The molecule has 0 aromatic heterocycles. The molecule has 0 unspecified atom stereocenters. The normalized spacial score (nSPS) is 15.1. The van der Waals surface area contributed by atoms with E-state index in [0.717, 1.165) is 0 Å². The maximum atomic E-state index is 13.0. The lowest BCUT2D eigenvalue weighted by atomic mass is 10.1. The molecular weight excluding hydrogens is 463 g/mol. The largest absolute Gasteiger partial charge is 0.490 e. The molecule has 0 aliphatic carbocycles. The number of piperazine rings is 1. The number of hydrogen-bond acceptors (Lipinski definition) is 5. The molecule has 0 spiro atoms. The molecule has 1 fully saturated rings. The van der Waals surface area contributed by atoms with Gasteiger partial charge in [0.2, 0.25) is 10.0 Å². The highest BCUT2D eigenvalue weighted by Gasteiger charge is 2.32. The average Bonchev–Trinajstić information content (AvgIpc) is 2.78. The van der Waals surface area contributed by atoms with Gasteiger partial charge in [0, 0.05) is 37.8 Å². The zero-order valence-corrected chi connectivity index (χ0v) is 19.4. The second-order valence-electron chi connectivity index (χ2n) is 6.81. The van der Waals surface area contributed by atoms with Gasteiger partial charge in [-0.05, 0) is 37.3 Å². The zero-order valence-electron chi connectivity index (χ0n) is 17.1. The molecule has 1 aliphatic heterocycles. The second-order valence-corrected chi connectivity index (χ2v) is 9.56. The molecule has 0 N–H and O–H groups in total. The topological polar surface area (TPSA) is 76.2 Å². The number of carbonyl (C=O) groups is 1. The van der Waals surface area contributed by atoms with Crippen LogP contribution in [0.2, 0.25) is 10.0 Å². The van der Waals surface area contributed by atoms with Gasteiger partial charge in [0.05, 0.1) is 17.2 Å². The van der Waals surface area contributed by atoms with E-state index in [9.17, 15) is 13.2 Å². The van der Waals surface area contributed by atoms with Crippen molar-refractivity contribution in [3.8, 4) is 5.75 Å². The predicted octanol–water partition coefficient (Wildman–Crippen LogP) is 3.56. The van der Waals surface area contributed by atoms with Crippen LogP contribution in [0.1, 0.15) is 17.3 Å². The Morgan fingerprint density at radius 3 is 2.45 bits per heavy atom. The van der Waals surface area contributed by atoms with Crippen molar-refractivity contribution in [2.24, 2.45) is 0 Å². The van der Waals surface area contributed by atoms with Gasteiger partial charge >= 0.3 is 0 Å². The number of para-hydroxylation sites is 1. The summed E-state index contributed by atoms with van der Waals surface area (Å²) in [6, 6.07) is 11.3. The van der Waals surface area contributed by atoms with Crippen LogP contribution in [-0.2, 0) is 14.8 Å². The van der Waals surface area contributed by atoms with Crippen molar-refractivity contribution >= 4 is 39.1 Å². The van der Waals surface area contributed by atoms with Gasteiger partial charge in [-0.1, -0.05) is 35.3 Å². The highest BCUT2D eigenvalue weighted by Crippen LogP contribution is 2.29. The quantitative estimate of drug-likeness (QED) is 0.533. The van der Waals surface area contributed by atoms with E-state index in [0.29, 0.717) is 31.1 Å². The van der Waals surface area contributed by atoms with E-state index in [1.54, 1.807) is 29.2 Å². The lowest BCUT2D eigenvalue weighted by Crippen LogP contribution is -2.50. The Morgan fingerprint density at radius 1 is 1.03 bits per heavy atom. The van der Waals surface area contributed by atoms with Crippen molar-refractivity contribution in [2.75, 3.05) is 46.0 Å². The number of amides is 1. The molecule has 0 atom stereocenters. The van der Waals surface area contributed by atoms with Crippen LogP contribution in [0.4, 0.5) is 0 Å². The van der Waals surface area contributed by atoms with E-state index in [1.165, 1.54) is 22.5 Å². The summed E-state index contributed by atoms with van der Waals surface area (Å²) in [5.41, 5.74) is 0.438. The lowest BCUT2D eigenvalue weighted by molar-refractivity contribution is 0.0688. The SMILES string of the molecule is CCOCCOc1ccccc1C(=O)N1CCN(S(=O)(=O)c2cc(Cl)ccc2Cl)CC1. The number of sulfonamides is 1. The smallest absolute Gasteiger partial charge is 0.257 e. The van der Waals surface area contributed by atoms with E-state index in [4.69, 9.17) is 32.7 Å². The molecule has 31 heavy (non-hydrogen) atoms. The van der Waals surface area contributed by atoms with Gasteiger partial charge in [-0.2, -0.15) is 4.31 Å². The first-order valence-corrected chi connectivity index (χ1v) is 12.1. The van der Waals surface area contributed by atoms with Crippen LogP contribution < -0.4 is 4.74 Å². The van der Waals surface area contributed by atoms with Gasteiger partial charge in [0.15, 0.2) is 0 Å². The van der Waals surface area contributed by atoms with E-state index >= 15 is 0 Å². The molecule has 1 amide bonds. The van der Waals surface area contributed by atoms with Gasteiger partial charge < -0.3 is 14.4 Å². The third kappa shape index (κ3) is 5.70. The molecule has 3 rings (SSSR count). The molecule has 2 aromatic carbocycles. The highest BCUT2D eigenvalue weighted by molar-refractivity contribution is 7.89. The molecule has 1 heterocycles. The number of hydrogen-bond donors (Lipinski definition) is 0. The number of carbonyl (C=O) groups excluding carboxylic acids is 1. The molecule has 1 saturated heterocycles. The summed E-state index contributed by atoms with van der Waals surface area (Å²) in [6.07, 6.45) is 0. The Bertz CT molecular complexity index is 1020. The summed E-state index contributed by atoms with van der Waals surface area (Å²) < 4.78 is 38.2. The van der Waals surface area contributed by atoms with E-state index < -0.39 is 10.0 Å². The molecule has 7 nitrogen and oxygen atoms in total. The fourth-order valence-electron chi connectivity index (χ4n) is 3.24. The third-order valence-electron chi connectivity index (χ3n) is 4.84. The van der Waals surface area contributed by atoms with Crippen LogP contribution >= 0.6 is 23.2 Å². The summed E-state index contributed by atoms with van der Waals surface area (Å²) in [6.45, 7) is 4.09. The summed E-state index contributed by atoms with van der Waals surface area (Å²) >= 11 is 12.0. The Balaban J connectivity index is 1.67. The van der Waals surface area contributed by atoms with Crippen molar-refractivity contribution in [3.63, 3.8) is 0 Å². The Hall–Kier alpha value is -1.84. The van der Waals surface area contributed by atoms with Crippen molar-refractivity contribution < 1.29 is 22.7 Å². The second kappa shape index (κ2) is 10.7. The van der Waals surface area contributed by atoms with E-state index in [1.807, 2.05) is 6.92 Å². The molecular formula is C21H24Cl2N2O5S. The van der Waals surface area contributed by atoms with Gasteiger partial charge in [0.1, 0.15) is 17.3 Å². The van der Waals surface area contributed by atoms with Gasteiger partial charge in [-0.25, -0.2) is 8.42 Å². The number of nitrogens with zero attached hydrogens (tertiary/aromatic N) is 2. The van der Waals surface area contributed by atoms with Crippen molar-refractivity contribution in [1.82, 2.24) is 9.21 Å². The first kappa shape index (κ1) is 23.8. The lowest BCUT2D eigenvalue weighted by Gasteiger charge is -2.34. The first-order valence-electron chi connectivity index (χ1n) is 9.88. The van der Waals surface area contributed by atoms with Gasteiger partial charge in [-0.15, -0.1) is 0 Å². The Kier molecular flexibility index (Phi) is 8.18. The van der Waals surface area contributed by atoms with Crippen LogP contribution in [0.25, 0.3) is 0 Å². The fourth-order valence-corrected chi connectivity index (χ4v) is 5.40. The fraction of sp³-hybridized carbons (Fsp3) is 0.381. The summed E-state index contributed by atoms with van der Waals surface area (Å²) in [4.78, 5) is 14.6. The first-order chi connectivity index (χ1) is 14.8. The van der Waals surface area contributed by atoms with Gasteiger partial charge in [0.25, 0.3) is 5.91 Å². The van der Waals surface area contributed by atoms with Crippen LogP contribution in [0.15, 0.2) is 47.4 Å². The molecule has 1 aliphatic rings. The average molecular weight is 487 g/mol. The van der Waals surface area contributed by atoms with E-state index in [-0.39, 0.29) is 47.0 Å². The molecule has 0 bridgehead atoms. The number of ether oxygens (including phenoxy) is 2. The summed E-state index contributed by atoms with van der Waals surface area (Å²) in [5.74, 6) is 0.276. The maximum absolute atomic E-state index is 13.0. The minimum absolute atomic E-state index is 0.0329. The Labute approximate surface area is 192 Å². The molecule has 0 saturated carbocycles. The summed E-state index contributed by atoms with van der Waals surface area (Å²) in [7, 11) is -3.81. The van der Waals surface area contributed by atoms with Crippen LogP contribution in [0.3, 0.4) is 0 Å². The van der Waals surface area contributed by atoms with Crippen LogP contribution in [0, 0.1) is 0 Å². The van der Waals surface area contributed by atoms with Crippen molar-refractivity contribution in [1.29, 1.82) is 0 Å². The molecule has 0 radical (unpaired) electrons. The molecule has 2 aromatic rings. The van der Waals surface area contributed by atoms with Gasteiger partial charge in [-0.3, -0.25) is 4.79 Å². The van der Waals surface area contributed by atoms with E-state index in [2.05, 4.69) is 0 Å². The minimum atomic E-state index is -3.81. The minimum Gasteiger partial charge on any atom is -0.490 e. The maximum Gasteiger partial charge on any atom is 0.257 e. The monoisotopic (exact) mass is 486 g/mol.